The summed E-state index contributed by atoms with van der Waals surface area (Å²) >= 11 is 2.15. The van der Waals surface area contributed by atoms with Gasteiger partial charge in [0.05, 0.1) is 13.0 Å². The number of benzene rings is 1. The van der Waals surface area contributed by atoms with Crippen molar-refractivity contribution in [2.24, 2.45) is 0 Å². The van der Waals surface area contributed by atoms with Gasteiger partial charge in [-0.2, -0.15) is 0 Å². The molecular weight excluding hydrogens is 385 g/mol. The molecule has 0 atom stereocenters. The molecule has 1 aromatic rings. The lowest BCUT2D eigenvalue weighted by Gasteiger charge is -2.19. The van der Waals surface area contributed by atoms with E-state index in [1.165, 1.54) is 0 Å². The molecule has 0 aliphatic rings. The highest BCUT2D eigenvalue weighted by Crippen LogP contribution is 2.13. The van der Waals surface area contributed by atoms with E-state index in [1.807, 2.05) is 39.0 Å². The number of rotatable bonds is 6. The van der Waals surface area contributed by atoms with E-state index in [9.17, 15) is 9.59 Å². The van der Waals surface area contributed by atoms with Crippen molar-refractivity contribution >= 4 is 34.5 Å². The second-order valence-electron chi connectivity index (χ2n) is 5.73. The van der Waals surface area contributed by atoms with Gasteiger partial charge in [0.25, 0.3) is 0 Å². The smallest absolute Gasteiger partial charge is 0.320 e. The molecule has 0 saturated heterocycles. The average molecular weight is 405 g/mol. The monoisotopic (exact) mass is 405 g/mol. The number of carboxylic acid groups (broad SMARTS) is 1. The van der Waals surface area contributed by atoms with Gasteiger partial charge in [-0.25, -0.2) is 0 Å². The lowest BCUT2D eigenvalue weighted by atomic mass is 10.1. The molecule has 0 radical (unpaired) electrons. The predicted molar refractivity (Wildman–Crippen MR) is 88.1 cm³/mol. The number of esters is 1. The van der Waals surface area contributed by atoms with Crippen molar-refractivity contribution in [1.29, 1.82) is 0 Å². The summed E-state index contributed by atoms with van der Waals surface area (Å²) in [6, 6.07) is 5.62. The summed E-state index contributed by atoms with van der Waals surface area (Å²) in [5.41, 5.74) is 1.21. The van der Waals surface area contributed by atoms with Crippen LogP contribution < -0.4 is 5.32 Å². The Morgan fingerprint density at radius 1 is 1.24 bits per heavy atom. The molecule has 0 saturated carbocycles. The van der Waals surface area contributed by atoms with E-state index in [4.69, 9.17) is 9.84 Å². The van der Waals surface area contributed by atoms with E-state index < -0.39 is 11.6 Å². The van der Waals surface area contributed by atoms with Crippen molar-refractivity contribution in [3.63, 3.8) is 0 Å². The average Bonchev–Trinajstić information content (AvgIpc) is 2.24. The fourth-order valence-electron chi connectivity index (χ4n) is 1.78. The molecule has 0 aliphatic carbocycles. The maximum Gasteiger partial charge on any atom is 0.320 e. The molecule has 0 unspecified atom stereocenters. The molecule has 0 spiro atoms. The van der Waals surface area contributed by atoms with E-state index >= 15 is 0 Å². The van der Waals surface area contributed by atoms with Gasteiger partial charge < -0.3 is 15.2 Å². The van der Waals surface area contributed by atoms with E-state index in [2.05, 4.69) is 27.9 Å². The van der Waals surface area contributed by atoms with Crippen LogP contribution in [0.5, 0.6) is 0 Å². The molecule has 0 amide bonds. The van der Waals surface area contributed by atoms with Crippen LogP contribution in [-0.2, 0) is 27.3 Å². The lowest BCUT2D eigenvalue weighted by molar-refractivity contribution is -0.153. The fraction of sp³-hybridized carbons (Fsp3) is 0.467. The number of nitrogens with one attached hydrogen (secondary N) is 1. The van der Waals surface area contributed by atoms with E-state index in [0.717, 1.165) is 14.7 Å². The third kappa shape index (κ3) is 8.01. The number of hydrogen-bond donors (Lipinski definition) is 2. The summed E-state index contributed by atoms with van der Waals surface area (Å²) in [6.45, 7) is 6.08. The Hall–Kier alpha value is -1.15. The molecule has 0 aliphatic heterocycles. The van der Waals surface area contributed by atoms with Crippen LogP contribution in [0.3, 0.4) is 0 Å². The topological polar surface area (TPSA) is 75.6 Å². The van der Waals surface area contributed by atoms with E-state index in [-0.39, 0.29) is 18.9 Å². The Morgan fingerprint density at radius 3 is 2.43 bits per heavy atom. The number of carbonyl (C=O) groups is 2. The Kier molecular flexibility index (Phi) is 6.60. The van der Waals surface area contributed by atoms with Gasteiger partial charge in [-0.3, -0.25) is 9.59 Å². The van der Waals surface area contributed by atoms with Crippen molar-refractivity contribution in [2.75, 3.05) is 6.54 Å². The third-order valence-corrected chi connectivity index (χ3v) is 3.01. The van der Waals surface area contributed by atoms with Crippen LogP contribution in [0, 0.1) is 3.57 Å². The molecule has 5 nitrogen and oxygen atoms in total. The predicted octanol–water partition coefficient (Wildman–Crippen LogP) is 2.35. The minimum atomic E-state index is -0.857. The van der Waals surface area contributed by atoms with Crippen molar-refractivity contribution in [3.05, 3.63) is 32.9 Å². The molecule has 116 valence electrons. The molecule has 0 heterocycles. The summed E-state index contributed by atoms with van der Waals surface area (Å²) in [5, 5.41) is 11.8. The highest BCUT2D eigenvalue weighted by Gasteiger charge is 2.15. The zero-order valence-corrected chi connectivity index (χ0v) is 14.6. The van der Waals surface area contributed by atoms with Crippen LogP contribution in [0.4, 0.5) is 0 Å². The van der Waals surface area contributed by atoms with E-state index in [1.54, 1.807) is 0 Å². The first kappa shape index (κ1) is 17.9. The number of halogens is 1. The third-order valence-electron chi connectivity index (χ3n) is 2.39. The van der Waals surface area contributed by atoms with Crippen molar-refractivity contribution in [3.8, 4) is 0 Å². The zero-order valence-electron chi connectivity index (χ0n) is 12.4. The first-order valence-electron chi connectivity index (χ1n) is 6.58. The maximum absolute atomic E-state index is 11.6. The molecule has 2 N–H and O–H groups in total. The number of aliphatic carboxylic acids is 1. The second kappa shape index (κ2) is 7.74. The second-order valence-corrected chi connectivity index (χ2v) is 6.97. The molecule has 0 aromatic heterocycles. The van der Waals surface area contributed by atoms with Gasteiger partial charge in [0.1, 0.15) is 5.60 Å². The summed E-state index contributed by atoms with van der Waals surface area (Å²) in [5.74, 6) is -1.16. The molecule has 21 heavy (non-hydrogen) atoms. The number of carboxylic acids is 1. The van der Waals surface area contributed by atoms with Crippen LogP contribution in [0.1, 0.15) is 31.9 Å². The normalized spacial score (nSPS) is 11.2. The van der Waals surface area contributed by atoms with Gasteiger partial charge in [0.2, 0.25) is 0 Å². The Bertz CT molecular complexity index is 523. The van der Waals surface area contributed by atoms with Crippen LogP contribution in [0.25, 0.3) is 0 Å². The molecule has 1 aromatic carbocycles. The van der Waals surface area contributed by atoms with Gasteiger partial charge >= 0.3 is 11.9 Å². The van der Waals surface area contributed by atoms with Crippen LogP contribution in [0.2, 0.25) is 0 Å². The first-order valence-corrected chi connectivity index (χ1v) is 7.66. The number of ether oxygens (including phenoxy) is 1. The van der Waals surface area contributed by atoms with Gasteiger partial charge in [0, 0.05) is 10.1 Å². The minimum Gasteiger partial charge on any atom is -0.481 e. The highest BCUT2D eigenvalue weighted by atomic mass is 127. The summed E-state index contributed by atoms with van der Waals surface area (Å²) in [6.07, 6.45) is -0.00406. The number of carbonyl (C=O) groups excluding carboxylic acids is 1. The molecule has 1 rings (SSSR count). The zero-order chi connectivity index (χ0) is 16.0. The molecule has 0 bridgehead atoms. The SMILES string of the molecule is CC(C)(C)OC(=O)CNCc1cc(I)cc(CC(=O)O)c1. The van der Waals surface area contributed by atoms with Gasteiger partial charge in [-0.1, -0.05) is 6.07 Å². The van der Waals surface area contributed by atoms with E-state index in [0.29, 0.717) is 6.54 Å². The quantitative estimate of drug-likeness (QED) is 0.562. The standard InChI is InChI=1S/C15H20INO4/c1-15(2,3)21-14(20)9-17-8-11-4-10(7-13(18)19)5-12(16)6-11/h4-6,17H,7-9H2,1-3H3,(H,18,19). The molecule has 6 heteroatoms. The lowest BCUT2D eigenvalue weighted by Crippen LogP contribution is -2.31. The fourth-order valence-corrected chi connectivity index (χ4v) is 2.58. The number of hydrogen-bond acceptors (Lipinski definition) is 4. The Balaban J connectivity index is 2.54. The Morgan fingerprint density at radius 2 is 1.86 bits per heavy atom. The van der Waals surface area contributed by atoms with Crippen molar-refractivity contribution in [2.45, 2.75) is 39.3 Å². The van der Waals surface area contributed by atoms with Crippen molar-refractivity contribution < 1.29 is 19.4 Å². The largest absolute Gasteiger partial charge is 0.481 e. The molecule has 0 fully saturated rings. The van der Waals surface area contributed by atoms with Crippen molar-refractivity contribution in [1.82, 2.24) is 5.32 Å². The van der Waals surface area contributed by atoms with Crippen LogP contribution >= 0.6 is 22.6 Å². The van der Waals surface area contributed by atoms with Gasteiger partial charge in [-0.15, -0.1) is 0 Å². The minimum absolute atomic E-state index is 0.00406. The Labute approximate surface area is 138 Å². The molecular formula is C15H20INO4. The van der Waals surface area contributed by atoms with Gasteiger partial charge in [-0.05, 0) is 66.6 Å². The summed E-state index contributed by atoms with van der Waals surface area (Å²) in [7, 11) is 0. The summed E-state index contributed by atoms with van der Waals surface area (Å²) < 4.78 is 6.17. The summed E-state index contributed by atoms with van der Waals surface area (Å²) in [4.78, 5) is 22.3. The van der Waals surface area contributed by atoms with Crippen LogP contribution in [0.15, 0.2) is 18.2 Å². The van der Waals surface area contributed by atoms with Crippen LogP contribution in [-0.4, -0.2) is 29.2 Å². The highest BCUT2D eigenvalue weighted by molar-refractivity contribution is 14.1. The maximum atomic E-state index is 11.6. The van der Waals surface area contributed by atoms with Gasteiger partial charge in [0.15, 0.2) is 0 Å². The first-order chi connectivity index (χ1) is 9.65.